The van der Waals surface area contributed by atoms with Gasteiger partial charge in [-0.15, -0.1) is 0 Å². The lowest BCUT2D eigenvalue weighted by molar-refractivity contribution is -0.325. The molecule has 0 N–H and O–H groups in total. The molecule has 6 heteroatoms. The largest absolute Gasteiger partial charge is 0.491 e. The van der Waals surface area contributed by atoms with Crippen LogP contribution in [-0.2, 0) is 9.57 Å². The number of ether oxygens (including phenoxy) is 2. The third kappa shape index (κ3) is 4.36. The molecule has 1 aromatic heterocycles. The monoisotopic (exact) mass is 376 g/mol. The van der Waals surface area contributed by atoms with Crippen LogP contribution >= 0.6 is 0 Å². The van der Waals surface area contributed by atoms with Gasteiger partial charge in [-0.2, -0.15) is 0 Å². The van der Waals surface area contributed by atoms with E-state index in [1.54, 1.807) is 30.6 Å². The smallest absolute Gasteiger partial charge is 0.277 e. The number of hydrogen-bond acceptors (Lipinski definition) is 5. The SMILES string of the molecule is O=C(c1ccccc1)N1C[C@@H](COc2ccccc2)O[C@H](c2cccnc2)O1. The number of hydrogen-bond donors (Lipinski definition) is 0. The summed E-state index contributed by atoms with van der Waals surface area (Å²) in [7, 11) is 0. The molecule has 0 aliphatic carbocycles. The van der Waals surface area contributed by atoms with E-state index in [0.29, 0.717) is 12.2 Å². The average molecular weight is 376 g/mol. The van der Waals surface area contributed by atoms with Crippen LogP contribution in [0, 0.1) is 0 Å². The van der Waals surface area contributed by atoms with Gasteiger partial charge in [0.1, 0.15) is 18.5 Å². The van der Waals surface area contributed by atoms with Crippen molar-refractivity contribution in [3.05, 3.63) is 96.3 Å². The second-order valence-electron chi connectivity index (χ2n) is 6.34. The molecule has 1 aliphatic heterocycles. The van der Waals surface area contributed by atoms with E-state index in [0.717, 1.165) is 11.3 Å². The van der Waals surface area contributed by atoms with E-state index in [-0.39, 0.29) is 18.6 Å². The van der Waals surface area contributed by atoms with Crippen molar-refractivity contribution < 1.29 is 19.1 Å². The molecule has 142 valence electrons. The van der Waals surface area contributed by atoms with Crippen molar-refractivity contribution in [3.63, 3.8) is 0 Å². The maximum atomic E-state index is 12.9. The summed E-state index contributed by atoms with van der Waals surface area (Å²) in [4.78, 5) is 22.8. The molecule has 28 heavy (non-hydrogen) atoms. The Hall–Kier alpha value is -3.22. The Balaban J connectivity index is 1.51. The topological polar surface area (TPSA) is 60.9 Å². The summed E-state index contributed by atoms with van der Waals surface area (Å²) in [5.41, 5.74) is 1.29. The van der Waals surface area contributed by atoms with Crippen LogP contribution in [0.5, 0.6) is 5.75 Å². The quantitative estimate of drug-likeness (QED) is 0.680. The number of para-hydroxylation sites is 1. The normalized spacial score (nSPS) is 19.2. The van der Waals surface area contributed by atoms with E-state index in [2.05, 4.69) is 4.98 Å². The van der Waals surface area contributed by atoms with E-state index < -0.39 is 6.29 Å². The van der Waals surface area contributed by atoms with Crippen LogP contribution in [0.25, 0.3) is 0 Å². The van der Waals surface area contributed by atoms with E-state index >= 15 is 0 Å². The van der Waals surface area contributed by atoms with Gasteiger partial charge in [-0.05, 0) is 30.3 Å². The minimum absolute atomic E-state index is 0.220. The van der Waals surface area contributed by atoms with E-state index in [1.165, 1.54) is 5.06 Å². The van der Waals surface area contributed by atoms with E-state index in [1.807, 2.05) is 54.6 Å². The highest BCUT2D eigenvalue weighted by Gasteiger charge is 2.34. The minimum atomic E-state index is -0.737. The number of benzene rings is 2. The number of nitrogens with zero attached hydrogens (tertiary/aromatic N) is 2. The van der Waals surface area contributed by atoms with Gasteiger partial charge in [0.2, 0.25) is 6.29 Å². The van der Waals surface area contributed by atoms with Crippen LogP contribution in [0.3, 0.4) is 0 Å². The van der Waals surface area contributed by atoms with Gasteiger partial charge in [0, 0.05) is 23.5 Å². The van der Waals surface area contributed by atoms with Crippen molar-refractivity contribution in [2.45, 2.75) is 12.4 Å². The lowest BCUT2D eigenvalue weighted by Gasteiger charge is -2.37. The first-order valence-corrected chi connectivity index (χ1v) is 9.06. The molecule has 2 atom stereocenters. The summed E-state index contributed by atoms with van der Waals surface area (Å²) in [6.45, 7) is 0.556. The highest BCUT2D eigenvalue weighted by Crippen LogP contribution is 2.27. The summed E-state index contributed by atoms with van der Waals surface area (Å²) in [5.74, 6) is 0.527. The molecule has 0 saturated carbocycles. The van der Waals surface area contributed by atoms with Gasteiger partial charge in [0.05, 0.1) is 6.54 Å². The van der Waals surface area contributed by atoms with Crippen LogP contribution in [-0.4, -0.2) is 35.2 Å². The number of pyridine rings is 1. The standard InChI is InChI=1S/C22H20N2O4/c25-21(17-8-3-1-4-9-17)24-15-20(16-26-19-11-5-2-6-12-19)27-22(28-24)18-10-7-13-23-14-18/h1-14,20,22H,15-16H2/t20-,22-/m0/s1. The van der Waals surface area contributed by atoms with Crippen molar-refractivity contribution in [2.75, 3.05) is 13.2 Å². The second kappa shape index (κ2) is 8.65. The zero-order valence-electron chi connectivity index (χ0n) is 15.2. The number of carbonyl (C=O) groups is 1. The molecule has 2 aromatic carbocycles. The van der Waals surface area contributed by atoms with Crippen molar-refractivity contribution in [2.24, 2.45) is 0 Å². The summed E-state index contributed by atoms with van der Waals surface area (Å²) in [6, 6.07) is 22.2. The van der Waals surface area contributed by atoms with Gasteiger partial charge in [-0.25, -0.2) is 9.90 Å². The summed E-state index contributed by atoms with van der Waals surface area (Å²) in [6.07, 6.45) is 2.25. The molecule has 1 aliphatic rings. The van der Waals surface area contributed by atoms with E-state index in [9.17, 15) is 4.79 Å². The molecule has 0 radical (unpaired) electrons. The fourth-order valence-electron chi connectivity index (χ4n) is 2.89. The van der Waals surface area contributed by atoms with Crippen molar-refractivity contribution >= 4 is 5.91 Å². The summed E-state index contributed by atoms with van der Waals surface area (Å²) < 4.78 is 11.9. The predicted molar refractivity (Wildman–Crippen MR) is 102 cm³/mol. The Morgan fingerprint density at radius 1 is 1.04 bits per heavy atom. The van der Waals surface area contributed by atoms with Crippen LogP contribution in [0.1, 0.15) is 22.2 Å². The molecule has 1 fully saturated rings. The molecule has 1 saturated heterocycles. The molecule has 0 spiro atoms. The van der Waals surface area contributed by atoms with Crippen molar-refractivity contribution in [3.8, 4) is 5.75 Å². The van der Waals surface area contributed by atoms with Crippen LogP contribution < -0.4 is 4.74 Å². The molecule has 0 bridgehead atoms. The zero-order valence-corrected chi connectivity index (χ0v) is 15.2. The van der Waals surface area contributed by atoms with Crippen molar-refractivity contribution in [1.29, 1.82) is 0 Å². The third-order valence-electron chi connectivity index (χ3n) is 4.29. The lowest BCUT2D eigenvalue weighted by atomic mass is 10.2. The molecule has 3 aromatic rings. The predicted octanol–water partition coefficient (Wildman–Crippen LogP) is 3.63. The Labute approximate surface area is 163 Å². The highest BCUT2D eigenvalue weighted by atomic mass is 16.8. The van der Waals surface area contributed by atoms with Crippen LogP contribution in [0.4, 0.5) is 0 Å². The summed E-state index contributed by atoms with van der Waals surface area (Å²) >= 11 is 0. The maximum Gasteiger partial charge on any atom is 0.277 e. The zero-order chi connectivity index (χ0) is 19.2. The molecule has 4 rings (SSSR count). The first-order valence-electron chi connectivity index (χ1n) is 9.06. The first-order chi connectivity index (χ1) is 13.8. The van der Waals surface area contributed by atoms with Gasteiger partial charge in [-0.1, -0.05) is 42.5 Å². The lowest BCUT2D eigenvalue weighted by Crippen LogP contribution is -2.47. The molecular weight excluding hydrogens is 356 g/mol. The van der Waals surface area contributed by atoms with Gasteiger partial charge in [0.15, 0.2) is 0 Å². The summed E-state index contributed by atoms with van der Waals surface area (Å²) in [5, 5.41) is 1.34. The number of aromatic nitrogens is 1. The van der Waals surface area contributed by atoms with Gasteiger partial charge in [0.25, 0.3) is 5.91 Å². The highest BCUT2D eigenvalue weighted by molar-refractivity contribution is 5.93. The van der Waals surface area contributed by atoms with Gasteiger partial charge >= 0.3 is 0 Å². The fraction of sp³-hybridized carbons (Fsp3) is 0.182. The minimum Gasteiger partial charge on any atom is -0.491 e. The van der Waals surface area contributed by atoms with Crippen LogP contribution in [0.2, 0.25) is 0 Å². The average Bonchev–Trinajstić information content (AvgIpc) is 2.79. The number of carbonyl (C=O) groups excluding carboxylic acids is 1. The van der Waals surface area contributed by atoms with Gasteiger partial charge < -0.3 is 9.47 Å². The van der Waals surface area contributed by atoms with E-state index in [4.69, 9.17) is 14.3 Å². The number of rotatable bonds is 5. The number of amides is 1. The maximum absolute atomic E-state index is 12.9. The molecule has 0 unspecified atom stereocenters. The third-order valence-corrected chi connectivity index (χ3v) is 4.29. The molecule has 1 amide bonds. The Morgan fingerprint density at radius 3 is 2.50 bits per heavy atom. The Bertz CT molecular complexity index is 890. The fourth-order valence-corrected chi connectivity index (χ4v) is 2.89. The van der Waals surface area contributed by atoms with Crippen molar-refractivity contribution in [1.82, 2.24) is 10.0 Å². The Morgan fingerprint density at radius 2 is 1.79 bits per heavy atom. The number of hydroxylamine groups is 2. The molecule has 6 nitrogen and oxygen atoms in total. The first kappa shape index (κ1) is 18.2. The van der Waals surface area contributed by atoms with Gasteiger partial charge in [-0.3, -0.25) is 9.78 Å². The Kier molecular flexibility index (Phi) is 5.61. The van der Waals surface area contributed by atoms with Crippen LogP contribution in [0.15, 0.2) is 85.2 Å². The molecule has 2 heterocycles. The molecular formula is C22H20N2O4. The second-order valence-corrected chi connectivity index (χ2v) is 6.34.